The van der Waals surface area contributed by atoms with Crippen LogP contribution in [-0.2, 0) is 25.3 Å². The third-order valence-corrected chi connectivity index (χ3v) is 6.18. The minimum absolute atomic E-state index is 0.00138. The second kappa shape index (κ2) is 10.5. The van der Waals surface area contributed by atoms with Crippen LogP contribution < -0.4 is 0 Å². The molecule has 1 atom stereocenters. The number of piperazine rings is 1. The predicted octanol–water partition coefficient (Wildman–Crippen LogP) is 5.83. The van der Waals surface area contributed by atoms with Crippen molar-refractivity contribution in [1.82, 2.24) is 14.8 Å². The lowest BCUT2D eigenvalue weighted by atomic mass is 9.99. The first-order valence-corrected chi connectivity index (χ1v) is 11.4. The van der Waals surface area contributed by atoms with Crippen molar-refractivity contribution in [2.75, 3.05) is 19.6 Å². The fourth-order valence-corrected chi connectivity index (χ4v) is 4.39. The molecule has 0 unspecified atom stereocenters. The topological polar surface area (TPSA) is 36.4 Å². The Kier molecular flexibility index (Phi) is 7.54. The predicted molar refractivity (Wildman–Crippen MR) is 121 cm³/mol. The van der Waals surface area contributed by atoms with Crippen molar-refractivity contribution in [3.63, 3.8) is 0 Å². The Morgan fingerprint density at radius 2 is 1.54 bits per heavy atom. The number of benzene rings is 2. The van der Waals surface area contributed by atoms with Crippen molar-refractivity contribution in [3.8, 4) is 0 Å². The number of carbonyl (C=O) groups is 1. The highest BCUT2D eigenvalue weighted by molar-refractivity contribution is 5.95. The maximum absolute atomic E-state index is 13.4. The summed E-state index contributed by atoms with van der Waals surface area (Å²) >= 11 is 0. The summed E-state index contributed by atoms with van der Waals surface area (Å²) in [6.07, 6.45) is -6.57. The van der Waals surface area contributed by atoms with Gasteiger partial charge in [0.1, 0.15) is 5.82 Å². The Bertz CT molecular complexity index is 1200. The van der Waals surface area contributed by atoms with Crippen LogP contribution in [0.25, 0.3) is 0 Å². The van der Waals surface area contributed by atoms with Crippen LogP contribution in [0.15, 0.2) is 67.0 Å². The Balaban J connectivity index is 1.65. The van der Waals surface area contributed by atoms with Gasteiger partial charge >= 0.3 is 12.4 Å². The van der Waals surface area contributed by atoms with Crippen molar-refractivity contribution in [2.24, 2.45) is 0 Å². The van der Waals surface area contributed by atoms with Crippen molar-refractivity contribution >= 4 is 5.91 Å². The van der Waals surface area contributed by atoms with Crippen LogP contribution >= 0.6 is 0 Å². The lowest BCUT2D eigenvalue weighted by Gasteiger charge is -2.42. The number of rotatable bonds is 5. The largest absolute Gasteiger partial charge is 0.416 e. The van der Waals surface area contributed by atoms with Gasteiger partial charge in [0.15, 0.2) is 0 Å². The lowest BCUT2D eigenvalue weighted by molar-refractivity contribution is -0.143. The molecule has 1 amide bonds. The van der Waals surface area contributed by atoms with Crippen LogP contribution in [0, 0.1) is 5.82 Å². The van der Waals surface area contributed by atoms with E-state index in [9.17, 15) is 35.5 Å². The monoisotopic (exact) mass is 525 g/mol. The number of halogens is 7. The molecule has 11 heteroatoms. The molecule has 1 saturated heterocycles. The average Bonchev–Trinajstić information content (AvgIpc) is 2.84. The Morgan fingerprint density at radius 3 is 2.11 bits per heavy atom. The van der Waals surface area contributed by atoms with Crippen LogP contribution in [0.1, 0.15) is 32.6 Å². The quantitative estimate of drug-likeness (QED) is 0.394. The fraction of sp³-hybridized carbons (Fsp3) is 0.308. The molecule has 0 aliphatic carbocycles. The second-order valence-electron chi connectivity index (χ2n) is 8.87. The van der Waals surface area contributed by atoms with Gasteiger partial charge in [-0.2, -0.15) is 26.3 Å². The first kappa shape index (κ1) is 26.6. The third-order valence-electron chi connectivity index (χ3n) is 6.18. The summed E-state index contributed by atoms with van der Waals surface area (Å²) in [5.74, 6) is -1.38. The molecule has 1 aromatic heterocycles. The van der Waals surface area contributed by atoms with Crippen molar-refractivity contribution in [3.05, 3.63) is 101 Å². The first-order chi connectivity index (χ1) is 17.4. The second-order valence-corrected chi connectivity index (χ2v) is 8.87. The molecule has 2 aromatic carbocycles. The molecule has 0 N–H and O–H groups in total. The molecule has 1 aliphatic rings. The highest BCUT2D eigenvalue weighted by Crippen LogP contribution is 2.37. The Hall–Kier alpha value is -3.47. The molecular formula is C26H22F7N3O. The van der Waals surface area contributed by atoms with Gasteiger partial charge in [0, 0.05) is 50.2 Å². The van der Waals surface area contributed by atoms with E-state index in [4.69, 9.17) is 0 Å². The average molecular weight is 525 g/mol. The number of hydrogen-bond acceptors (Lipinski definition) is 3. The van der Waals surface area contributed by atoms with Gasteiger partial charge in [-0.25, -0.2) is 4.39 Å². The van der Waals surface area contributed by atoms with Gasteiger partial charge in [-0.05, 0) is 53.9 Å². The molecule has 0 saturated carbocycles. The molecule has 4 nitrogen and oxygen atoms in total. The highest BCUT2D eigenvalue weighted by atomic mass is 19.4. The van der Waals surface area contributed by atoms with Crippen LogP contribution in [0.2, 0.25) is 0 Å². The SMILES string of the molecule is O=C(c1cc(C(F)(F)F)cc(C(F)(F)F)c1)N1CCN(Cc2cccnc2)C[C@H]1Cc1ccc(F)cc1. The minimum atomic E-state index is -5.06. The van der Waals surface area contributed by atoms with Gasteiger partial charge in [0.2, 0.25) is 0 Å². The van der Waals surface area contributed by atoms with Crippen molar-refractivity contribution in [1.29, 1.82) is 0 Å². The molecule has 0 radical (unpaired) electrons. The van der Waals surface area contributed by atoms with E-state index in [1.54, 1.807) is 18.5 Å². The summed E-state index contributed by atoms with van der Waals surface area (Å²) in [4.78, 5) is 20.8. The Morgan fingerprint density at radius 1 is 0.892 bits per heavy atom. The van der Waals surface area contributed by atoms with Crippen LogP contribution in [0.4, 0.5) is 30.7 Å². The van der Waals surface area contributed by atoms with Gasteiger partial charge in [-0.3, -0.25) is 14.7 Å². The zero-order valence-electron chi connectivity index (χ0n) is 19.4. The summed E-state index contributed by atoms with van der Waals surface area (Å²) in [5.41, 5.74) is -2.19. The number of nitrogens with zero attached hydrogens (tertiary/aromatic N) is 3. The van der Waals surface area contributed by atoms with E-state index in [2.05, 4.69) is 4.98 Å². The zero-order valence-corrected chi connectivity index (χ0v) is 19.4. The lowest BCUT2D eigenvalue weighted by Crippen LogP contribution is -2.55. The first-order valence-electron chi connectivity index (χ1n) is 11.4. The Labute approximate surface area is 208 Å². The number of pyridine rings is 1. The smallest absolute Gasteiger partial charge is 0.333 e. The molecule has 0 spiro atoms. The molecule has 37 heavy (non-hydrogen) atoms. The number of carbonyl (C=O) groups excluding carboxylic acids is 1. The minimum Gasteiger partial charge on any atom is -0.333 e. The van der Waals surface area contributed by atoms with E-state index < -0.39 is 46.8 Å². The van der Waals surface area contributed by atoms with Crippen LogP contribution in [-0.4, -0.2) is 46.4 Å². The normalized spacial score (nSPS) is 17.2. The number of aromatic nitrogens is 1. The van der Waals surface area contributed by atoms with Gasteiger partial charge in [0.05, 0.1) is 11.1 Å². The summed E-state index contributed by atoms with van der Waals surface area (Å²) in [6.45, 7) is 1.24. The summed E-state index contributed by atoms with van der Waals surface area (Å²) in [6, 6.07) is 9.54. The van der Waals surface area contributed by atoms with Gasteiger partial charge in [0.25, 0.3) is 5.91 Å². The van der Waals surface area contributed by atoms with Crippen LogP contribution in [0.3, 0.4) is 0 Å². The van der Waals surface area contributed by atoms with Crippen molar-refractivity contribution < 1.29 is 35.5 Å². The van der Waals surface area contributed by atoms with E-state index in [-0.39, 0.29) is 19.0 Å². The third kappa shape index (κ3) is 6.65. The van der Waals surface area contributed by atoms with Gasteiger partial charge in [-0.1, -0.05) is 18.2 Å². The van der Waals surface area contributed by atoms with E-state index in [1.807, 2.05) is 11.0 Å². The van der Waals surface area contributed by atoms with Gasteiger partial charge in [-0.15, -0.1) is 0 Å². The molecule has 3 aromatic rings. The molecule has 196 valence electrons. The zero-order chi connectivity index (χ0) is 26.8. The molecular weight excluding hydrogens is 503 g/mol. The van der Waals surface area contributed by atoms with Gasteiger partial charge < -0.3 is 4.90 Å². The molecule has 2 heterocycles. The highest BCUT2D eigenvalue weighted by Gasteiger charge is 2.39. The maximum atomic E-state index is 13.4. The molecule has 0 bridgehead atoms. The number of amides is 1. The maximum Gasteiger partial charge on any atom is 0.416 e. The van der Waals surface area contributed by atoms with E-state index in [0.29, 0.717) is 37.3 Å². The summed E-state index contributed by atoms with van der Waals surface area (Å²) in [5, 5.41) is 0. The standard InChI is InChI=1S/C26H22F7N3O/c27-22-5-3-17(4-6-22)10-23-16-35(15-18-2-1-7-34-14-18)8-9-36(23)24(37)19-11-20(25(28,29)30)13-21(12-19)26(31,32)33/h1-7,11-14,23H,8-10,15-16H2/t23-/m1/s1. The van der Waals surface area contributed by atoms with E-state index >= 15 is 0 Å². The van der Waals surface area contributed by atoms with Crippen molar-refractivity contribution in [2.45, 2.75) is 31.4 Å². The van der Waals surface area contributed by atoms with E-state index in [1.165, 1.54) is 29.2 Å². The number of hydrogen-bond donors (Lipinski definition) is 0. The van der Waals surface area contributed by atoms with Crippen LogP contribution in [0.5, 0.6) is 0 Å². The summed E-state index contributed by atoms with van der Waals surface area (Å²) in [7, 11) is 0. The van der Waals surface area contributed by atoms with E-state index in [0.717, 1.165) is 5.56 Å². The fourth-order valence-electron chi connectivity index (χ4n) is 4.39. The number of alkyl halides is 6. The molecule has 1 aliphatic heterocycles. The molecule has 1 fully saturated rings. The summed E-state index contributed by atoms with van der Waals surface area (Å²) < 4.78 is 93.6. The molecule has 4 rings (SSSR count).